The second-order valence-electron chi connectivity index (χ2n) is 7.10. The number of halogens is 2. The maximum absolute atomic E-state index is 13.3. The number of primary amides is 1. The molecule has 1 aliphatic heterocycles. The van der Waals surface area contributed by atoms with E-state index in [-0.39, 0.29) is 11.7 Å². The number of nitrogens with zero attached hydrogens (tertiary/aromatic N) is 2. The third-order valence-electron chi connectivity index (χ3n) is 5.19. The van der Waals surface area contributed by atoms with Gasteiger partial charge in [-0.05, 0) is 42.8 Å². The summed E-state index contributed by atoms with van der Waals surface area (Å²) < 4.78 is 26.5. The maximum Gasteiger partial charge on any atom is 0.241 e. The normalized spacial score (nSPS) is 17.5. The van der Waals surface area contributed by atoms with E-state index in [1.54, 1.807) is 25.1 Å². The van der Waals surface area contributed by atoms with Gasteiger partial charge in [-0.15, -0.1) is 0 Å². The highest BCUT2D eigenvalue weighted by Gasteiger charge is 2.31. The number of carbonyl (C=O) groups is 2. The minimum absolute atomic E-state index is 0.228. The Bertz CT molecular complexity index is 867. The number of amides is 2. The minimum atomic E-state index is -0.644. The molecule has 1 aliphatic rings. The van der Waals surface area contributed by atoms with Crippen LogP contribution >= 0.6 is 0 Å². The van der Waals surface area contributed by atoms with Crippen molar-refractivity contribution in [1.82, 2.24) is 9.80 Å². The van der Waals surface area contributed by atoms with Gasteiger partial charge in [-0.25, -0.2) is 8.78 Å². The lowest BCUT2D eigenvalue weighted by Crippen LogP contribution is -2.54. The number of nitrogens with one attached hydrogen (secondary N) is 1. The number of benzene rings is 2. The molecule has 2 amide bonds. The van der Waals surface area contributed by atoms with Gasteiger partial charge in [0.15, 0.2) is 0 Å². The van der Waals surface area contributed by atoms with Crippen molar-refractivity contribution >= 4 is 17.5 Å². The molecule has 154 valence electrons. The Labute approximate surface area is 168 Å². The Balaban J connectivity index is 1.60. The number of anilines is 1. The zero-order chi connectivity index (χ0) is 21.0. The highest BCUT2D eigenvalue weighted by Crippen LogP contribution is 2.23. The van der Waals surface area contributed by atoms with E-state index in [0.717, 1.165) is 0 Å². The van der Waals surface area contributed by atoms with E-state index in [0.29, 0.717) is 37.4 Å². The van der Waals surface area contributed by atoms with E-state index >= 15 is 0 Å². The number of rotatable bonds is 6. The number of hydrogen-bond donors (Lipinski definition) is 2. The van der Waals surface area contributed by atoms with Crippen LogP contribution in [0.2, 0.25) is 0 Å². The van der Waals surface area contributed by atoms with Crippen molar-refractivity contribution in [2.75, 3.05) is 31.5 Å². The van der Waals surface area contributed by atoms with Crippen LogP contribution in [0.5, 0.6) is 0 Å². The molecule has 6 nitrogen and oxygen atoms in total. The first-order chi connectivity index (χ1) is 13.8. The topological polar surface area (TPSA) is 78.7 Å². The molecule has 1 fully saturated rings. The van der Waals surface area contributed by atoms with Gasteiger partial charge >= 0.3 is 0 Å². The first-order valence-corrected chi connectivity index (χ1v) is 9.44. The molecule has 3 N–H and O–H groups in total. The van der Waals surface area contributed by atoms with Gasteiger partial charge in [0.25, 0.3) is 0 Å². The average Bonchev–Trinajstić information content (AvgIpc) is 2.69. The van der Waals surface area contributed by atoms with E-state index < -0.39 is 23.8 Å². The van der Waals surface area contributed by atoms with E-state index in [2.05, 4.69) is 5.32 Å². The summed E-state index contributed by atoms with van der Waals surface area (Å²) in [5.74, 6) is -1.52. The molecular weight excluding hydrogens is 378 g/mol. The molecule has 0 bridgehead atoms. The number of hydrogen-bond acceptors (Lipinski definition) is 4. The van der Waals surface area contributed by atoms with Gasteiger partial charge in [-0.3, -0.25) is 19.4 Å². The molecule has 2 aromatic carbocycles. The largest absolute Gasteiger partial charge is 0.368 e. The molecule has 8 heteroatoms. The van der Waals surface area contributed by atoms with Crippen molar-refractivity contribution in [2.24, 2.45) is 5.73 Å². The molecule has 1 heterocycles. The number of carbonyl (C=O) groups excluding carboxylic acids is 2. The average molecular weight is 402 g/mol. The number of nitrogens with two attached hydrogens (primary N) is 1. The summed E-state index contributed by atoms with van der Waals surface area (Å²) in [7, 11) is 0. The van der Waals surface area contributed by atoms with Crippen molar-refractivity contribution in [1.29, 1.82) is 0 Å². The minimum Gasteiger partial charge on any atom is -0.368 e. The first-order valence-electron chi connectivity index (χ1n) is 9.44. The van der Waals surface area contributed by atoms with E-state index in [9.17, 15) is 18.4 Å². The predicted molar refractivity (Wildman–Crippen MR) is 106 cm³/mol. The van der Waals surface area contributed by atoms with Crippen LogP contribution in [-0.2, 0) is 9.59 Å². The van der Waals surface area contributed by atoms with E-state index in [4.69, 9.17) is 5.73 Å². The lowest BCUT2D eigenvalue weighted by atomic mass is 10.0. The Morgan fingerprint density at radius 1 is 0.966 bits per heavy atom. The van der Waals surface area contributed by atoms with Gasteiger partial charge in [-0.1, -0.05) is 18.2 Å². The van der Waals surface area contributed by atoms with Crippen LogP contribution in [0.3, 0.4) is 0 Å². The second kappa shape index (κ2) is 9.11. The summed E-state index contributed by atoms with van der Waals surface area (Å²) in [5.41, 5.74) is 6.65. The summed E-state index contributed by atoms with van der Waals surface area (Å²) in [4.78, 5) is 28.4. The molecule has 0 radical (unpaired) electrons. The summed E-state index contributed by atoms with van der Waals surface area (Å²) in [6.07, 6.45) is 0. The van der Waals surface area contributed by atoms with Gasteiger partial charge in [0.2, 0.25) is 11.8 Å². The van der Waals surface area contributed by atoms with Crippen LogP contribution in [0.25, 0.3) is 0 Å². The van der Waals surface area contributed by atoms with Crippen LogP contribution in [-0.4, -0.2) is 53.8 Å². The smallest absolute Gasteiger partial charge is 0.241 e. The van der Waals surface area contributed by atoms with E-state index in [1.807, 2.05) is 9.80 Å². The lowest BCUT2D eigenvalue weighted by Gasteiger charge is -2.40. The summed E-state index contributed by atoms with van der Waals surface area (Å²) in [5, 5.41) is 2.72. The molecule has 2 unspecified atom stereocenters. The Morgan fingerprint density at radius 3 is 2.17 bits per heavy atom. The summed E-state index contributed by atoms with van der Waals surface area (Å²) in [6, 6.07) is 10.4. The van der Waals surface area contributed by atoms with Crippen LogP contribution in [0.1, 0.15) is 18.5 Å². The van der Waals surface area contributed by atoms with Gasteiger partial charge < -0.3 is 11.1 Å². The molecular formula is C21H24F2N4O2. The molecule has 0 aromatic heterocycles. The first kappa shape index (κ1) is 20.9. The molecule has 2 aromatic rings. The highest BCUT2D eigenvalue weighted by molar-refractivity contribution is 5.94. The fourth-order valence-electron chi connectivity index (χ4n) is 3.56. The van der Waals surface area contributed by atoms with Gasteiger partial charge in [-0.2, -0.15) is 0 Å². The summed E-state index contributed by atoms with van der Waals surface area (Å²) in [6.45, 7) is 3.96. The highest BCUT2D eigenvalue weighted by atomic mass is 19.1. The zero-order valence-corrected chi connectivity index (χ0v) is 16.1. The SMILES string of the molecule is CC(C(=O)Nc1cccc(F)c1)N1CCN(C(C(N)=O)c2ccc(F)cc2)CC1. The van der Waals surface area contributed by atoms with E-state index in [1.165, 1.54) is 30.3 Å². The van der Waals surface area contributed by atoms with Crippen molar-refractivity contribution < 1.29 is 18.4 Å². The molecule has 3 rings (SSSR count). The van der Waals surface area contributed by atoms with Crippen molar-refractivity contribution in [3.8, 4) is 0 Å². The van der Waals surface area contributed by atoms with Crippen LogP contribution < -0.4 is 11.1 Å². The van der Waals surface area contributed by atoms with Gasteiger partial charge in [0.05, 0.1) is 6.04 Å². The van der Waals surface area contributed by atoms with Crippen molar-refractivity contribution in [2.45, 2.75) is 19.0 Å². The molecule has 1 saturated heterocycles. The Kier molecular flexibility index (Phi) is 6.56. The monoisotopic (exact) mass is 402 g/mol. The van der Waals surface area contributed by atoms with Crippen molar-refractivity contribution in [3.05, 3.63) is 65.7 Å². The second-order valence-corrected chi connectivity index (χ2v) is 7.10. The standard InChI is InChI=1S/C21H24F2N4O2/c1-14(21(29)25-18-4-2-3-17(23)13-18)26-9-11-27(12-10-26)19(20(24)28)15-5-7-16(22)8-6-15/h2-8,13-14,19H,9-12H2,1H3,(H2,24,28)(H,25,29). The van der Waals surface area contributed by atoms with Gasteiger partial charge in [0.1, 0.15) is 17.7 Å². The molecule has 0 saturated carbocycles. The zero-order valence-electron chi connectivity index (χ0n) is 16.1. The predicted octanol–water partition coefficient (Wildman–Crippen LogP) is 2.14. The fraction of sp³-hybridized carbons (Fsp3) is 0.333. The third kappa shape index (κ3) is 5.16. The lowest BCUT2D eigenvalue weighted by molar-refractivity contribution is -0.126. The fourth-order valence-corrected chi connectivity index (χ4v) is 3.56. The summed E-state index contributed by atoms with van der Waals surface area (Å²) >= 11 is 0. The van der Waals surface area contributed by atoms with Gasteiger partial charge in [0, 0.05) is 31.9 Å². The number of piperazine rings is 1. The Hall–Kier alpha value is -2.84. The third-order valence-corrected chi connectivity index (χ3v) is 5.19. The maximum atomic E-state index is 13.3. The van der Waals surface area contributed by atoms with Crippen molar-refractivity contribution in [3.63, 3.8) is 0 Å². The van der Waals surface area contributed by atoms with Crippen LogP contribution in [0, 0.1) is 11.6 Å². The molecule has 29 heavy (non-hydrogen) atoms. The van der Waals surface area contributed by atoms with Crippen LogP contribution in [0.15, 0.2) is 48.5 Å². The molecule has 2 atom stereocenters. The molecule has 0 aliphatic carbocycles. The Morgan fingerprint density at radius 2 is 1.59 bits per heavy atom. The molecule has 0 spiro atoms. The quantitative estimate of drug-likeness (QED) is 0.776. The van der Waals surface area contributed by atoms with Crippen LogP contribution in [0.4, 0.5) is 14.5 Å².